The molecule has 0 radical (unpaired) electrons. The molecule has 14 heteroatoms. The quantitative estimate of drug-likeness (QED) is 0.262. The van der Waals surface area contributed by atoms with Crippen molar-refractivity contribution >= 4 is 23.2 Å². The van der Waals surface area contributed by atoms with Crippen LogP contribution >= 0.6 is 11.6 Å². The van der Waals surface area contributed by atoms with Crippen molar-refractivity contribution in [2.45, 2.75) is 32.3 Å². The Labute approximate surface area is 206 Å². The van der Waals surface area contributed by atoms with E-state index in [0.717, 1.165) is 6.07 Å². The fourth-order valence-electron chi connectivity index (χ4n) is 3.33. The highest BCUT2D eigenvalue weighted by Gasteiger charge is 2.32. The minimum Gasteiger partial charge on any atom is -0.373 e. The summed E-state index contributed by atoms with van der Waals surface area (Å²) in [6.45, 7) is 2.97. The van der Waals surface area contributed by atoms with E-state index in [9.17, 15) is 23.1 Å². The van der Waals surface area contributed by atoms with Crippen molar-refractivity contribution in [1.29, 1.82) is 0 Å². The van der Waals surface area contributed by atoms with Crippen molar-refractivity contribution in [2.24, 2.45) is 0 Å². The molecule has 0 spiro atoms. The van der Waals surface area contributed by atoms with E-state index >= 15 is 0 Å². The summed E-state index contributed by atoms with van der Waals surface area (Å²) in [6.07, 6.45) is -1.56. The van der Waals surface area contributed by atoms with Gasteiger partial charge in [-0.05, 0) is 31.5 Å². The first-order chi connectivity index (χ1) is 17.0. The first kappa shape index (κ1) is 25.3. The summed E-state index contributed by atoms with van der Waals surface area (Å²) in [5.74, 6) is -0.630. The number of carbonyl (C=O) groups excluding carboxylic acids is 1. The van der Waals surface area contributed by atoms with Crippen molar-refractivity contribution < 1.29 is 27.6 Å². The molecule has 0 saturated heterocycles. The number of nitrogens with one attached hydrogen (secondary N) is 3. The van der Waals surface area contributed by atoms with Crippen LogP contribution in [-0.2, 0) is 6.18 Å². The van der Waals surface area contributed by atoms with Crippen LogP contribution in [0.4, 0.5) is 18.9 Å². The Morgan fingerprint density at radius 2 is 2.00 bits per heavy atom. The van der Waals surface area contributed by atoms with Gasteiger partial charge in [-0.2, -0.15) is 13.2 Å². The molecule has 4 aromatic rings. The van der Waals surface area contributed by atoms with E-state index in [-0.39, 0.29) is 33.4 Å². The fraction of sp³-hybridized carbons (Fsp3) is 0.227. The molecule has 4 N–H and O–H groups in total. The number of rotatable bonds is 7. The van der Waals surface area contributed by atoms with Gasteiger partial charge in [0.05, 0.1) is 16.6 Å². The van der Waals surface area contributed by atoms with Gasteiger partial charge in [-0.25, -0.2) is 15.0 Å². The number of benzene rings is 1. The molecule has 0 fully saturated rings. The van der Waals surface area contributed by atoms with Crippen molar-refractivity contribution in [3.63, 3.8) is 0 Å². The predicted molar refractivity (Wildman–Crippen MR) is 122 cm³/mol. The number of halogens is 4. The van der Waals surface area contributed by atoms with Crippen molar-refractivity contribution in [2.75, 3.05) is 5.32 Å². The third-order valence-electron chi connectivity index (χ3n) is 5.20. The zero-order valence-corrected chi connectivity index (χ0v) is 19.5. The Bertz CT molecular complexity index is 1380. The number of aliphatic hydroxyl groups is 1. The number of hydrogen-bond acceptors (Lipinski definition) is 8. The normalized spacial score (nSPS) is 13.4. The van der Waals surface area contributed by atoms with Crippen LogP contribution in [-0.4, -0.2) is 36.1 Å². The lowest BCUT2D eigenvalue weighted by atomic mass is 10.1. The topological polar surface area (TPSA) is 142 Å². The van der Waals surface area contributed by atoms with Gasteiger partial charge in [0.25, 0.3) is 5.91 Å². The van der Waals surface area contributed by atoms with Gasteiger partial charge in [0.15, 0.2) is 5.82 Å². The lowest BCUT2D eigenvalue weighted by molar-refractivity contribution is -0.138. The van der Waals surface area contributed by atoms with Crippen LogP contribution in [0.2, 0.25) is 5.02 Å². The number of hydrogen-bond donors (Lipinski definition) is 4. The maximum Gasteiger partial charge on any atom is 0.416 e. The SMILES string of the molecule is Cc1ccc(NC(=O)c2cc([C@@H](C)NC(O)c3ncnc(-c4ncc[nH]4)c3Cl)no2)cc1C(F)(F)F. The molecule has 1 unspecified atom stereocenters. The summed E-state index contributed by atoms with van der Waals surface area (Å²) in [5, 5.41) is 19.7. The summed E-state index contributed by atoms with van der Waals surface area (Å²) < 4.78 is 44.5. The molecule has 4 rings (SSSR count). The number of anilines is 1. The second kappa shape index (κ2) is 10.0. The molecule has 0 aliphatic carbocycles. The van der Waals surface area contributed by atoms with Gasteiger partial charge in [0.1, 0.15) is 29.6 Å². The van der Waals surface area contributed by atoms with E-state index in [1.165, 1.54) is 37.6 Å². The molecule has 0 bridgehead atoms. The maximum absolute atomic E-state index is 13.1. The molecule has 1 amide bonds. The van der Waals surface area contributed by atoms with Crippen LogP contribution in [0.25, 0.3) is 11.5 Å². The number of aliphatic hydroxyl groups excluding tert-OH is 1. The Morgan fingerprint density at radius 1 is 1.22 bits per heavy atom. The number of aryl methyl sites for hydroxylation is 1. The zero-order chi connectivity index (χ0) is 26.0. The molecule has 3 aromatic heterocycles. The highest BCUT2D eigenvalue weighted by molar-refractivity contribution is 6.33. The number of aromatic amines is 1. The Balaban J connectivity index is 1.45. The van der Waals surface area contributed by atoms with E-state index in [0.29, 0.717) is 11.5 Å². The Morgan fingerprint density at radius 3 is 2.69 bits per heavy atom. The number of carbonyl (C=O) groups is 1. The van der Waals surface area contributed by atoms with Gasteiger partial charge >= 0.3 is 6.18 Å². The number of H-pyrrole nitrogens is 1. The molecule has 0 saturated carbocycles. The standard InChI is InChI=1S/C22H19ClF3N7O3/c1-10-3-4-12(7-13(10)22(24,25)26)32-20(34)15-8-14(33-36-15)11(2)31-21(35)18-16(23)17(29-9-30-18)19-27-5-6-28-19/h3-9,11,21,31,35H,1-2H3,(H,27,28)(H,32,34)/t11-,21?/m1/s1. The zero-order valence-electron chi connectivity index (χ0n) is 18.8. The van der Waals surface area contributed by atoms with Crippen LogP contribution in [0.1, 0.15) is 52.3 Å². The van der Waals surface area contributed by atoms with E-state index in [2.05, 4.69) is 35.7 Å². The van der Waals surface area contributed by atoms with Gasteiger partial charge in [-0.15, -0.1) is 0 Å². The summed E-state index contributed by atoms with van der Waals surface area (Å²) >= 11 is 6.35. The van der Waals surface area contributed by atoms with Crippen LogP contribution in [0.5, 0.6) is 0 Å². The van der Waals surface area contributed by atoms with Crippen molar-refractivity contribution in [1.82, 2.24) is 30.4 Å². The highest BCUT2D eigenvalue weighted by atomic mass is 35.5. The lowest BCUT2D eigenvalue weighted by Gasteiger charge is -2.18. The van der Waals surface area contributed by atoms with Gasteiger partial charge < -0.3 is 19.9 Å². The number of alkyl halides is 3. The predicted octanol–water partition coefficient (Wildman–Crippen LogP) is 4.43. The van der Waals surface area contributed by atoms with Gasteiger partial charge in [-0.1, -0.05) is 22.8 Å². The second-order valence-electron chi connectivity index (χ2n) is 7.75. The molecule has 188 valence electrons. The third kappa shape index (κ3) is 5.37. The average molecular weight is 522 g/mol. The summed E-state index contributed by atoms with van der Waals surface area (Å²) in [6, 6.07) is 4.11. The largest absolute Gasteiger partial charge is 0.416 e. The van der Waals surface area contributed by atoms with Gasteiger partial charge in [-0.3, -0.25) is 10.1 Å². The van der Waals surface area contributed by atoms with Crippen molar-refractivity contribution in [3.8, 4) is 11.5 Å². The van der Waals surface area contributed by atoms with E-state index in [4.69, 9.17) is 16.1 Å². The van der Waals surface area contributed by atoms with E-state index < -0.39 is 29.9 Å². The minimum absolute atomic E-state index is 0.0287. The van der Waals surface area contributed by atoms with Crippen molar-refractivity contribution in [3.05, 3.63) is 76.3 Å². The number of amides is 1. The summed E-state index contributed by atoms with van der Waals surface area (Å²) in [4.78, 5) is 27.5. The molecular formula is C22H19ClF3N7O3. The number of aromatic nitrogens is 5. The average Bonchev–Trinajstić information content (AvgIpc) is 3.52. The van der Waals surface area contributed by atoms with Crippen LogP contribution in [0.3, 0.4) is 0 Å². The van der Waals surface area contributed by atoms with Gasteiger partial charge in [0.2, 0.25) is 5.76 Å². The summed E-state index contributed by atoms with van der Waals surface area (Å²) in [5.41, 5.74) is -0.250. The van der Waals surface area contributed by atoms with Gasteiger partial charge in [0, 0.05) is 24.1 Å². The third-order valence-corrected chi connectivity index (χ3v) is 5.58. The number of imidazole rings is 1. The minimum atomic E-state index is -4.56. The second-order valence-corrected chi connectivity index (χ2v) is 8.13. The first-order valence-electron chi connectivity index (χ1n) is 10.4. The maximum atomic E-state index is 13.1. The van der Waals surface area contributed by atoms with E-state index in [1.54, 1.807) is 13.1 Å². The molecule has 1 aromatic carbocycles. The highest BCUT2D eigenvalue weighted by Crippen LogP contribution is 2.33. The molecule has 0 aliphatic heterocycles. The number of nitrogens with zero attached hydrogens (tertiary/aromatic N) is 4. The monoisotopic (exact) mass is 521 g/mol. The molecular weight excluding hydrogens is 503 g/mol. The smallest absolute Gasteiger partial charge is 0.373 e. The lowest BCUT2D eigenvalue weighted by Crippen LogP contribution is -2.26. The Kier molecular flexibility index (Phi) is 7.06. The van der Waals surface area contributed by atoms with Crippen LogP contribution in [0, 0.1) is 6.92 Å². The first-order valence-corrected chi connectivity index (χ1v) is 10.8. The molecule has 10 nitrogen and oxygen atoms in total. The van der Waals surface area contributed by atoms with Crippen LogP contribution in [0.15, 0.2) is 47.5 Å². The summed E-state index contributed by atoms with van der Waals surface area (Å²) in [7, 11) is 0. The van der Waals surface area contributed by atoms with Crippen LogP contribution < -0.4 is 10.6 Å². The van der Waals surface area contributed by atoms with E-state index in [1.807, 2.05) is 0 Å². The molecule has 2 atom stereocenters. The fourth-order valence-corrected chi connectivity index (χ4v) is 3.62. The molecule has 3 heterocycles. The molecule has 0 aliphatic rings. The Hall–Kier alpha value is -3.81. The molecule has 36 heavy (non-hydrogen) atoms.